The topological polar surface area (TPSA) is 86.5 Å². The second kappa shape index (κ2) is 10.1. The summed E-state index contributed by atoms with van der Waals surface area (Å²) in [5, 5.41) is 12.9. The summed E-state index contributed by atoms with van der Waals surface area (Å²) in [4.78, 5) is 20.7. The third kappa shape index (κ3) is 4.53. The van der Waals surface area contributed by atoms with E-state index in [4.69, 9.17) is 0 Å². The fraction of sp³-hybridized carbons (Fsp3) is 0.182. The van der Waals surface area contributed by atoms with Crippen molar-refractivity contribution in [1.29, 1.82) is 0 Å². The van der Waals surface area contributed by atoms with Gasteiger partial charge in [0, 0.05) is 34.0 Å². The summed E-state index contributed by atoms with van der Waals surface area (Å²) in [6.45, 7) is 0. The fourth-order valence-corrected chi connectivity index (χ4v) is 5.84. The van der Waals surface area contributed by atoms with Crippen LogP contribution in [0.2, 0.25) is 0 Å². The van der Waals surface area contributed by atoms with E-state index >= 15 is 0 Å². The van der Waals surface area contributed by atoms with Crippen molar-refractivity contribution in [1.82, 2.24) is 20.2 Å². The van der Waals surface area contributed by atoms with Crippen molar-refractivity contribution in [3.05, 3.63) is 91.0 Å². The number of pyridine rings is 1. The highest BCUT2D eigenvalue weighted by Crippen LogP contribution is 2.35. The van der Waals surface area contributed by atoms with E-state index < -0.39 is 0 Å². The Labute approximate surface area is 230 Å². The number of nitrogens with one attached hydrogen (secondary N) is 3. The minimum atomic E-state index is -0.253. The summed E-state index contributed by atoms with van der Waals surface area (Å²) in [5.74, 6) is -0.0796. The Morgan fingerprint density at radius 3 is 2.50 bits per heavy atom. The highest BCUT2D eigenvalue weighted by molar-refractivity contribution is 6.02. The van der Waals surface area contributed by atoms with E-state index in [2.05, 4.69) is 37.6 Å². The molecule has 3 N–H and O–H groups in total. The number of aromatic amines is 2. The molecule has 1 aliphatic carbocycles. The first-order valence-electron chi connectivity index (χ1n) is 13.7. The van der Waals surface area contributed by atoms with E-state index in [0.29, 0.717) is 5.69 Å². The molecule has 1 saturated carbocycles. The Hall–Kier alpha value is -4.78. The highest BCUT2D eigenvalue weighted by atomic mass is 19.1. The molecule has 40 heavy (non-hydrogen) atoms. The maximum absolute atomic E-state index is 13.5. The number of rotatable bonds is 5. The molecule has 0 aliphatic heterocycles. The maximum Gasteiger partial charge on any atom is 0.227 e. The maximum atomic E-state index is 13.5. The number of aromatic nitrogens is 4. The van der Waals surface area contributed by atoms with Crippen LogP contribution in [0.15, 0.2) is 85.2 Å². The molecule has 6 aromatic rings. The molecule has 6 nitrogen and oxygen atoms in total. The van der Waals surface area contributed by atoms with Gasteiger partial charge in [-0.05, 0) is 72.0 Å². The first-order chi connectivity index (χ1) is 19.6. The SMILES string of the molecule is O=C(Nc1cncc(-c2ccc3[nH]nc(-c4cc5c(-c6ccc(F)cc6)cccc5[nH]4)c3c2)c1)C1CCCCC1. The Kier molecular flexibility index (Phi) is 6.11. The molecule has 1 aliphatic rings. The average Bonchev–Trinajstić information content (AvgIpc) is 3.62. The summed E-state index contributed by atoms with van der Waals surface area (Å²) in [6, 6.07) is 22.9. The normalized spacial score (nSPS) is 14.1. The number of hydrogen-bond acceptors (Lipinski definition) is 3. The molecule has 0 unspecified atom stereocenters. The van der Waals surface area contributed by atoms with Crippen molar-refractivity contribution in [2.45, 2.75) is 32.1 Å². The second-order valence-electron chi connectivity index (χ2n) is 10.6. The van der Waals surface area contributed by atoms with Crippen LogP contribution < -0.4 is 5.32 Å². The molecule has 198 valence electrons. The Bertz CT molecular complexity index is 1850. The van der Waals surface area contributed by atoms with Crippen LogP contribution in [0, 0.1) is 11.7 Å². The zero-order valence-corrected chi connectivity index (χ0v) is 21.9. The van der Waals surface area contributed by atoms with Gasteiger partial charge in [-0.15, -0.1) is 0 Å². The summed E-state index contributed by atoms with van der Waals surface area (Å²) < 4.78 is 13.5. The zero-order valence-electron chi connectivity index (χ0n) is 21.9. The van der Waals surface area contributed by atoms with Gasteiger partial charge in [-0.1, -0.05) is 49.6 Å². The van der Waals surface area contributed by atoms with Crippen LogP contribution >= 0.6 is 0 Å². The van der Waals surface area contributed by atoms with Crippen molar-refractivity contribution in [2.24, 2.45) is 5.92 Å². The first-order valence-corrected chi connectivity index (χ1v) is 13.7. The second-order valence-corrected chi connectivity index (χ2v) is 10.6. The van der Waals surface area contributed by atoms with Crippen LogP contribution in [-0.4, -0.2) is 26.1 Å². The van der Waals surface area contributed by atoms with E-state index in [9.17, 15) is 9.18 Å². The Balaban J connectivity index is 1.22. The number of amides is 1. The lowest BCUT2D eigenvalue weighted by Gasteiger charge is -2.20. The number of H-pyrrole nitrogens is 2. The van der Waals surface area contributed by atoms with Crippen molar-refractivity contribution in [3.63, 3.8) is 0 Å². The minimum Gasteiger partial charge on any atom is -0.353 e. The number of carbonyl (C=O) groups excluding carboxylic acids is 1. The summed E-state index contributed by atoms with van der Waals surface area (Å²) in [6.07, 6.45) is 8.88. The van der Waals surface area contributed by atoms with Gasteiger partial charge in [0.25, 0.3) is 0 Å². The summed E-state index contributed by atoms with van der Waals surface area (Å²) in [7, 11) is 0. The number of carbonyl (C=O) groups is 1. The third-order valence-corrected chi connectivity index (χ3v) is 7.95. The van der Waals surface area contributed by atoms with Crippen molar-refractivity contribution in [2.75, 3.05) is 5.32 Å². The number of nitrogens with zero attached hydrogens (tertiary/aromatic N) is 2. The predicted molar refractivity (Wildman–Crippen MR) is 157 cm³/mol. The molecule has 1 amide bonds. The van der Waals surface area contributed by atoms with Gasteiger partial charge in [0.2, 0.25) is 5.91 Å². The van der Waals surface area contributed by atoms with Crippen LogP contribution in [0.25, 0.3) is 55.4 Å². The molecule has 3 aromatic heterocycles. The van der Waals surface area contributed by atoms with Crippen LogP contribution in [0.1, 0.15) is 32.1 Å². The Morgan fingerprint density at radius 2 is 1.65 bits per heavy atom. The molecule has 7 rings (SSSR count). The quantitative estimate of drug-likeness (QED) is 0.211. The van der Waals surface area contributed by atoms with Gasteiger partial charge in [0.1, 0.15) is 11.5 Å². The van der Waals surface area contributed by atoms with Crippen molar-refractivity contribution < 1.29 is 9.18 Å². The van der Waals surface area contributed by atoms with Gasteiger partial charge in [-0.3, -0.25) is 14.9 Å². The molecular formula is C33H28FN5O. The lowest BCUT2D eigenvalue weighted by Crippen LogP contribution is -2.24. The first kappa shape index (κ1) is 24.3. The molecule has 0 saturated heterocycles. The third-order valence-electron chi connectivity index (χ3n) is 7.95. The lowest BCUT2D eigenvalue weighted by atomic mass is 9.88. The van der Waals surface area contributed by atoms with E-state index in [1.165, 1.54) is 18.6 Å². The molecule has 3 heterocycles. The number of benzene rings is 3. The Morgan fingerprint density at radius 1 is 0.825 bits per heavy atom. The molecule has 0 radical (unpaired) electrons. The van der Waals surface area contributed by atoms with Gasteiger partial charge in [-0.2, -0.15) is 5.10 Å². The van der Waals surface area contributed by atoms with Gasteiger partial charge in [-0.25, -0.2) is 4.39 Å². The van der Waals surface area contributed by atoms with Crippen LogP contribution in [-0.2, 0) is 4.79 Å². The number of fused-ring (bicyclic) bond motifs is 2. The molecule has 0 spiro atoms. The largest absolute Gasteiger partial charge is 0.353 e. The van der Waals surface area contributed by atoms with E-state index in [1.54, 1.807) is 18.3 Å². The fourth-order valence-electron chi connectivity index (χ4n) is 5.84. The molecule has 0 bridgehead atoms. The molecule has 7 heteroatoms. The van der Waals surface area contributed by atoms with E-state index in [-0.39, 0.29) is 17.6 Å². The average molecular weight is 530 g/mol. The minimum absolute atomic E-state index is 0.0853. The lowest BCUT2D eigenvalue weighted by molar-refractivity contribution is -0.120. The van der Waals surface area contributed by atoms with Gasteiger partial charge < -0.3 is 10.3 Å². The van der Waals surface area contributed by atoms with Gasteiger partial charge in [0.15, 0.2) is 0 Å². The van der Waals surface area contributed by atoms with Crippen LogP contribution in [0.4, 0.5) is 10.1 Å². The molecular weight excluding hydrogens is 501 g/mol. The summed E-state index contributed by atoms with van der Waals surface area (Å²) >= 11 is 0. The van der Waals surface area contributed by atoms with Gasteiger partial charge >= 0.3 is 0 Å². The molecule has 0 atom stereocenters. The van der Waals surface area contributed by atoms with Gasteiger partial charge in [0.05, 0.1) is 23.1 Å². The molecule has 1 fully saturated rings. The number of halogens is 1. The number of anilines is 1. The van der Waals surface area contributed by atoms with Crippen molar-refractivity contribution in [3.8, 4) is 33.6 Å². The zero-order chi connectivity index (χ0) is 27.1. The summed E-state index contributed by atoms with van der Waals surface area (Å²) in [5.41, 5.74) is 8.20. The predicted octanol–water partition coefficient (Wildman–Crippen LogP) is 8.10. The van der Waals surface area contributed by atoms with Crippen LogP contribution in [0.5, 0.6) is 0 Å². The monoisotopic (exact) mass is 529 g/mol. The molecule has 3 aromatic carbocycles. The number of hydrogen-bond donors (Lipinski definition) is 3. The van der Waals surface area contributed by atoms with Crippen molar-refractivity contribution >= 4 is 33.4 Å². The standard InChI is InChI=1S/C33H28FN5O/c34-24-12-9-20(10-13-24)26-7-4-8-29-27(26)17-31(37-29)32-28-16-22(11-14-30(28)38-39-32)23-15-25(19-35-18-23)36-33(40)21-5-2-1-3-6-21/h4,7-19,21,37H,1-3,5-6H2,(H,36,40)(H,38,39). The smallest absolute Gasteiger partial charge is 0.227 e. The van der Waals surface area contributed by atoms with Crippen LogP contribution in [0.3, 0.4) is 0 Å². The van der Waals surface area contributed by atoms with E-state index in [0.717, 1.165) is 81.1 Å². The van der Waals surface area contributed by atoms with E-state index in [1.807, 2.05) is 42.6 Å². The highest BCUT2D eigenvalue weighted by Gasteiger charge is 2.21.